The Morgan fingerprint density at radius 3 is 2.75 bits per heavy atom. The van der Waals surface area contributed by atoms with Gasteiger partial charge >= 0.3 is 5.97 Å². The van der Waals surface area contributed by atoms with E-state index in [9.17, 15) is 4.79 Å². The van der Waals surface area contributed by atoms with E-state index in [1.54, 1.807) is 6.92 Å². The molecule has 6 heteroatoms. The number of halogens is 1. The fraction of sp³-hybridized carbons (Fsp3) is 0.429. The van der Waals surface area contributed by atoms with E-state index in [0.29, 0.717) is 18.2 Å². The highest BCUT2D eigenvalue weighted by Gasteiger charge is 2.24. The Labute approximate surface area is 130 Å². The summed E-state index contributed by atoms with van der Waals surface area (Å²) in [6.45, 7) is 8.03. The second-order valence-corrected chi connectivity index (χ2v) is 7.05. The van der Waals surface area contributed by atoms with Crippen molar-refractivity contribution in [2.75, 3.05) is 6.61 Å². The molecule has 20 heavy (non-hydrogen) atoms. The summed E-state index contributed by atoms with van der Waals surface area (Å²) in [7, 11) is 0. The number of esters is 1. The van der Waals surface area contributed by atoms with Gasteiger partial charge in [-0.1, -0.05) is 13.8 Å². The summed E-state index contributed by atoms with van der Waals surface area (Å²) in [5.74, 6) is 0.313. The summed E-state index contributed by atoms with van der Waals surface area (Å²) in [6.07, 6.45) is 0. The maximum absolute atomic E-state index is 11.9. The average molecular weight is 358 g/mol. The highest BCUT2D eigenvalue weighted by atomic mass is 79.9. The second kappa shape index (κ2) is 6.10. The van der Waals surface area contributed by atoms with Crippen molar-refractivity contribution in [1.29, 1.82) is 0 Å². The van der Waals surface area contributed by atoms with Crippen LogP contribution >= 0.6 is 27.3 Å². The number of carbonyl (C=O) groups excluding carboxylic acids is 1. The number of nitrogens with zero attached hydrogens (tertiary/aromatic N) is 1. The molecule has 2 aromatic heterocycles. The van der Waals surface area contributed by atoms with Gasteiger partial charge in [-0.05, 0) is 47.3 Å². The summed E-state index contributed by atoms with van der Waals surface area (Å²) < 4.78 is 11.7. The second-order valence-electron chi connectivity index (χ2n) is 4.68. The number of rotatable bonds is 4. The van der Waals surface area contributed by atoms with Crippen molar-refractivity contribution in [3.8, 4) is 10.8 Å². The molecule has 0 saturated carbocycles. The van der Waals surface area contributed by atoms with E-state index in [0.717, 1.165) is 14.2 Å². The van der Waals surface area contributed by atoms with E-state index >= 15 is 0 Å². The maximum Gasteiger partial charge on any atom is 0.376 e. The van der Waals surface area contributed by atoms with Crippen molar-refractivity contribution >= 4 is 33.2 Å². The molecule has 0 radical (unpaired) electrons. The molecule has 2 rings (SSSR count). The maximum atomic E-state index is 11.9. The molecule has 0 saturated heterocycles. The van der Waals surface area contributed by atoms with Gasteiger partial charge in [0.15, 0.2) is 0 Å². The van der Waals surface area contributed by atoms with Crippen LogP contribution in [0.2, 0.25) is 0 Å². The van der Waals surface area contributed by atoms with E-state index in [4.69, 9.17) is 9.15 Å². The van der Waals surface area contributed by atoms with Gasteiger partial charge in [-0.25, -0.2) is 9.78 Å². The first kappa shape index (κ1) is 15.3. The molecular formula is C14H16BrNO3S. The first-order valence-corrected chi connectivity index (χ1v) is 7.99. The van der Waals surface area contributed by atoms with Crippen LogP contribution in [-0.2, 0) is 4.74 Å². The third kappa shape index (κ3) is 2.96. The van der Waals surface area contributed by atoms with E-state index in [2.05, 4.69) is 20.9 Å². The molecule has 0 N–H and O–H groups in total. The van der Waals surface area contributed by atoms with Crippen molar-refractivity contribution in [3.05, 3.63) is 26.9 Å². The van der Waals surface area contributed by atoms with Gasteiger partial charge in [0.2, 0.25) is 11.7 Å². The normalized spacial score (nSPS) is 11.1. The minimum atomic E-state index is -0.456. The number of hydrogen-bond acceptors (Lipinski definition) is 5. The number of hydrogen-bond donors (Lipinski definition) is 0. The SMILES string of the molecule is CCOC(=O)c1oc(-c2cc(C)c(Br)s2)nc1C(C)C. The minimum absolute atomic E-state index is 0.0939. The zero-order valence-electron chi connectivity index (χ0n) is 11.8. The largest absolute Gasteiger partial charge is 0.460 e. The van der Waals surface area contributed by atoms with E-state index < -0.39 is 5.97 Å². The monoisotopic (exact) mass is 357 g/mol. The number of ether oxygens (including phenoxy) is 1. The van der Waals surface area contributed by atoms with Crippen molar-refractivity contribution in [2.24, 2.45) is 0 Å². The quantitative estimate of drug-likeness (QED) is 0.739. The van der Waals surface area contributed by atoms with Gasteiger partial charge in [0.1, 0.15) is 0 Å². The lowest BCUT2D eigenvalue weighted by Crippen LogP contribution is -2.07. The van der Waals surface area contributed by atoms with Crippen molar-refractivity contribution in [3.63, 3.8) is 0 Å². The molecule has 0 aliphatic carbocycles. The molecule has 0 aliphatic heterocycles. The lowest BCUT2D eigenvalue weighted by molar-refractivity contribution is 0.0489. The molecular weight excluding hydrogens is 342 g/mol. The first-order valence-electron chi connectivity index (χ1n) is 6.38. The molecule has 108 valence electrons. The zero-order chi connectivity index (χ0) is 14.9. The number of thiophene rings is 1. The fourth-order valence-electron chi connectivity index (χ4n) is 1.74. The molecule has 0 aromatic carbocycles. The van der Waals surface area contributed by atoms with Crippen LogP contribution in [0, 0.1) is 6.92 Å². The average Bonchev–Trinajstić information content (AvgIpc) is 2.95. The van der Waals surface area contributed by atoms with Gasteiger partial charge in [0, 0.05) is 0 Å². The van der Waals surface area contributed by atoms with Crippen LogP contribution < -0.4 is 0 Å². The van der Waals surface area contributed by atoms with Crippen LogP contribution in [0.1, 0.15) is 48.5 Å². The van der Waals surface area contributed by atoms with Crippen molar-refractivity contribution < 1.29 is 13.9 Å². The van der Waals surface area contributed by atoms with E-state index in [1.165, 1.54) is 11.3 Å². The Morgan fingerprint density at radius 2 is 2.25 bits per heavy atom. The fourth-order valence-corrected chi connectivity index (χ4v) is 3.20. The van der Waals surface area contributed by atoms with Crippen LogP contribution in [0.3, 0.4) is 0 Å². The molecule has 0 spiro atoms. The molecule has 0 fully saturated rings. The highest BCUT2D eigenvalue weighted by Crippen LogP contribution is 2.36. The summed E-state index contributed by atoms with van der Waals surface area (Å²) >= 11 is 5.01. The third-order valence-corrected chi connectivity index (χ3v) is 4.85. The zero-order valence-corrected chi connectivity index (χ0v) is 14.2. The molecule has 4 nitrogen and oxygen atoms in total. The Morgan fingerprint density at radius 1 is 1.55 bits per heavy atom. The topological polar surface area (TPSA) is 52.3 Å². The molecule has 0 atom stereocenters. The van der Waals surface area contributed by atoms with Crippen LogP contribution in [0.15, 0.2) is 14.3 Å². The molecule has 0 unspecified atom stereocenters. The molecule has 0 bridgehead atoms. The van der Waals surface area contributed by atoms with Gasteiger partial charge in [-0.3, -0.25) is 0 Å². The van der Waals surface area contributed by atoms with Gasteiger partial charge in [0.25, 0.3) is 0 Å². The summed E-state index contributed by atoms with van der Waals surface area (Å²) in [4.78, 5) is 17.3. The summed E-state index contributed by atoms with van der Waals surface area (Å²) in [6, 6.07) is 1.99. The van der Waals surface area contributed by atoms with Gasteiger partial charge < -0.3 is 9.15 Å². The van der Waals surface area contributed by atoms with E-state index in [-0.39, 0.29) is 11.7 Å². The standard InChI is InChI=1S/C14H16BrNO3S/c1-5-18-14(17)11-10(7(2)3)16-13(19-11)9-6-8(4)12(15)20-9/h6-7H,5H2,1-4H3. The predicted octanol–water partition coefficient (Wildman–Crippen LogP) is 4.77. The smallest absolute Gasteiger partial charge is 0.376 e. The number of oxazole rings is 1. The molecule has 0 amide bonds. The van der Waals surface area contributed by atoms with E-state index in [1.807, 2.05) is 26.8 Å². The number of carbonyl (C=O) groups is 1. The number of aromatic nitrogens is 1. The summed E-state index contributed by atoms with van der Waals surface area (Å²) in [5.41, 5.74) is 1.76. The van der Waals surface area contributed by atoms with Crippen LogP contribution in [-0.4, -0.2) is 17.6 Å². The lowest BCUT2D eigenvalue weighted by Gasteiger charge is -2.02. The van der Waals surface area contributed by atoms with Gasteiger partial charge in [0.05, 0.1) is 21.0 Å². The van der Waals surface area contributed by atoms with Crippen LogP contribution in [0.25, 0.3) is 10.8 Å². The lowest BCUT2D eigenvalue weighted by atomic mass is 10.1. The Kier molecular flexibility index (Phi) is 4.65. The summed E-state index contributed by atoms with van der Waals surface area (Å²) in [5, 5.41) is 0. The molecule has 2 heterocycles. The van der Waals surface area contributed by atoms with Crippen molar-refractivity contribution in [1.82, 2.24) is 4.98 Å². The Bertz CT molecular complexity index is 611. The minimum Gasteiger partial charge on any atom is -0.460 e. The Balaban J connectivity index is 2.46. The molecule has 0 aliphatic rings. The number of aryl methyl sites for hydroxylation is 1. The Hall–Kier alpha value is -1.14. The first-order chi connectivity index (χ1) is 9.43. The van der Waals surface area contributed by atoms with Crippen LogP contribution in [0.5, 0.6) is 0 Å². The van der Waals surface area contributed by atoms with Gasteiger partial charge in [-0.15, -0.1) is 11.3 Å². The predicted molar refractivity (Wildman–Crippen MR) is 82.3 cm³/mol. The third-order valence-electron chi connectivity index (χ3n) is 2.73. The van der Waals surface area contributed by atoms with Crippen LogP contribution in [0.4, 0.5) is 0 Å². The van der Waals surface area contributed by atoms with Gasteiger partial charge in [-0.2, -0.15) is 0 Å². The van der Waals surface area contributed by atoms with Crippen molar-refractivity contribution in [2.45, 2.75) is 33.6 Å². The molecule has 2 aromatic rings. The highest BCUT2D eigenvalue weighted by molar-refractivity contribution is 9.11.